The van der Waals surface area contributed by atoms with Gasteiger partial charge >= 0.3 is 17.9 Å². The van der Waals surface area contributed by atoms with Crippen LogP contribution >= 0.6 is 0 Å². The van der Waals surface area contributed by atoms with Gasteiger partial charge in [0.15, 0.2) is 6.10 Å². The summed E-state index contributed by atoms with van der Waals surface area (Å²) in [6.07, 6.45) is 67.6. The minimum absolute atomic E-state index is 0.0716. The van der Waals surface area contributed by atoms with Crippen LogP contribution in [0.15, 0.2) is 36.5 Å². The van der Waals surface area contributed by atoms with E-state index in [0.717, 1.165) is 70.6 Å². The number of carbonyl (C=O) groups is 3. The van der Waals surface area contributed by atoms with Crippen LogP contribution in [0.3, 0.4) is 0 Å². The third kappa shape index (κ3) is 54.4. The fraction of sp³-hybridized carbons (Fsp3) is 0.852. The topological polar surface area (TPSA) is 78.9 Å². The number of allylic oxidation sites excluding steroid dienone is 6. The predicted molar refractivity (Wildman–Crippen MR) is 289 cm³/mol. The molecule has 0 saturated carbocycles. The van der Waals surface area contributed by atoms with Crippen molar-refractivity contribution in [1.82, 2.24) is 0 Å². The van der Waals surface area contributed by atoms with Crippen molar-refractivity contribution < 1.29 is 28.6 Å². The Hall–Kier alpha value is -2.37. The molecule has 0 N–H and O–H groups in total. The first-order valence-corrected chi connectivity index (χ1v) is 29.5. The number of esters is 3. The quantitative estimate of drug-likeness (QED) is 0.0262. The minimum atomic E-state index is -0.769. The molecule has 67 heavy (non-hydrogen) atoms. The number of hydrogen-bond acceptors (Lipinski definition) is 6. The number of ether oxygens (including phenoxy) is 3. The summed E-state index contributed by atoms with van der Waals surface area (Å²) in [5.74, 6) is -0.875. The first-order chi connectivity index (χ1) is 33.0. The first kappa shape index (κ1) is 64.6. The van der Waals surface area contributed by atoms with Crippen LogP contribution in [0.4, 0.5) is 0 Å². The fourth-order valence-electron chi connectivity index (χ4n) is 8.63. The second-order valence-electron chi connectivity index (χ2n) is 19.9. The van der Waals surface area contributed by atoms with Crippen molar-refractivity contribution in [3.8, 4) is 0 Å². The number of hydrogen-bond donors (Lipinski definition) is 0. The van der Waals surface area contributed by atoms with Crippen LogP contribution in [0.1, 0.15) is 316 Å². The summed E-state index contributed by atoms with van der Waals surface area (Å²) in [5.41, 5.74) is 0. The van der Waals surface area contributed by atoms with Crippen LogP contribution in [-0.4, -0.2) is 37.2 Å². The van der Waals surface area contributed by atoms with Crippen molar-refractivity contribution in [3.63, 3.8) is 0 Å². The van der Waals surface area contributed by atoms with Gasteiger partial charge in [0.2, 0.25) is 0 Å². The minimum Gasteiger partial charge on any atom is -0.462 e. The number of rotatable bonds is 54. The summed E-state index contributed by atoms with van der Waals surface area (Å²) in [6.45, 7) is 6.57. The average Bonchev–Trinajstić information content (AvgIpc) is 3.33. The molecule has 0 heterocycles. The van der Waals surface area contributed by atoms with Gasteiger partial charge in [-0.2, -0.15) is 0 Å². The molecule has 0 saturated heterocycles. The number of unbranched alkanes of at least 4 members (excludes halogenated alkanes) is 37. The normalized spacial score (nSPS) is 12.2. The van der Waals surface area contributed by atoms with Gasteiger partial charge in [-0.15, -0.1) is 0 Å². The molecule has 0 fully saturated rings. The van der Waals surface area contributed by atoms with E-state index in [9.17, 15) is 14.4 Å². The van der Waals surface area contributed by atoms with Gasteiger partial charge in [-0.1, -0.05) is 263 Å². The zero-order valence-electron chi connectivity index (χ0n) is 44.9. The Morgan fingerprint density at radius 2 is 0.552 bits per heavy atom. The zero-order valence-corrected chi connectivity index (χ0v) is 44.9. The van der Waals surface area contributed by atoms with Crippen LogP contribution in [-0.2, 0) is 28.6 Å². The summed E-state index contributed by atoms with van der Waals surface area (Å²) in [5, 5.41) is 0. The lowest BCUT2D eigenvalue weighted by atomic mass is 10.0. The predicted octanol–water partition coefficient (Wildman–Crippen LogP) is 19.7. The van der Waals surface area contributed by atoms with E-state index >= 15 is 0 Å². The van der Waals surface area contributed by atoms with E-state index in [4.69, 9.17) is 14.2 Å². The van der Waals surface area contributed by atoms with Gasteiger partial charge in [0, 0.05) is 19.3 Å². The van der Waals surface area contributed by atoms with Gasteiger partial charge in [-0.05, 0) is 70.6 Å². The van der Waals surface area contributed by atoms with Crippen molar-refractivity contribution in [3.05, 3.63) is 36.5 Å². The summed E-state index contributed by atoms with van der Waals surface area (Å²) < 4.78 is 16.7. The lowest BCUT2D eigenvalue weighted by molar-refractivity contribution is -0.167. The van der Waals surface area contributed by atoms with E-state index < -0.39 is 6.10 Å². The van der Waals surface area contributed by atoms with Gasteiger partial charge in [-0.25, -0.2) is 0 Å². The smallest absolute Gasteiger partial charge is 0.306 e. The second kappa shape index (κ2) is 56.2. The van der Waals surface area contributed by atoms with Crippen LogP contribution in [0, 0.1) is 0 Å². The Labute approximate surface area is 416 Å². The Morgan fingerprint density at radius 3 is 0.881 bits per heavy atom. The molecule has 0 radical (unpaired) electrons. The van der Waals surface area contributed by atoms with E-state index in [1.807, 2.05) is 0 Å². The third-order valence-electron chi connectivity index (χ3n) is 13.1. The second-order valence-corrected chi connectivity index (χ2v) is 19.9. The molecule has 0 aliphatic carbocycles. The Morgan fingerprint density at radius 1 is 0.299 bits per heavy atom. The molecule has 1 unspecified atom stereocenters. The van der Waals surface area contributed by atoms with E-state index in [1.165, 1.54) is 205 Å². The first-order valence-electron chi connectivity index (χ1n) is 29.5. The van der Waals surface area contributed by atoms with Crippen molar-refractivity contribution in [2.45, 2.75) is 322 Å². The summed E-state index contributed by atoms with van der Waals surface area (Å²) in [4.78, 5) is 37.8. The molecule has 1 atom stereocenters. The van der Waals surface area contributed by atoms with E-state index in [2.05, 4.69) is 57.2 Å². The summed E-state index contributed by atoms with van der Waals surface area (Å²) in [6, 6.07) is 0. The Kier molecular flexibility index (Phi) is 54.2. The maximum Gasteiger partial charge on any atom is 0.306 e. The molecule has 0 bridgehead atoms. The largest absolute Gasteiger partial charge is 0.462 e. The third-order valence-corrected chi connectivity index (χ3v) is 13.1. The van der Waals surface area contributed by atoms with E-state index in [0.29, 0.717) is 19.3 Å². The average molecular weight is 942 g/mol. The lowest BCUT2D eigenvalue weighted by Gasteiger charge is -2.18. The van der Waals surface area contributed by atoms with Crippen molar-refractivity contribution >= 4 is 17.9 Å². The SMILES string of the molecule is CCCC/C=C\CCCCCCCC(=O)OC(COC(=O)CCCCCCCCC)COC(=O)CCCCCCCCCCCCCCCCCCCCC/C=C\C/C=C\CCCCCCC. The van der Waals surface area contributed by atoms with Crippen LogP contribution < -0.4 is 0 Å². The zero-order chi connectivity index (χ0) is 48.6. The van der Waals surface area contributed by atoms with E-state index in [1.54, 1.807) is 0 Å². The molecule has 392 valence electrons. The summed E-state index contributed by atoms with van der Waals surface area (Å²) in [7, 11) is 0. The van der Waals surface area contributed by atoms with Crippen molar-refractivity contribution in [1.29, 1.82) is 0 Å². The molecule has 0 aliphatic rings. The summed E-state index contributed by atoms with van der Waals surface area (Å²) >= 11 is 0. The molecule has 0 rings (SSSR count). The van der Waals surface area contributed by atoms with Gasteiger partial charge in [-0.3, -0.25) is 14.4 Å². The highest BCUT2D eigenvalue weighted by molar-refractivity contribution is 5.71. The Balaban J connectivity index is 3.94. The van der Waals surface area contributed by atoms with Crippen LogP contribution in [0.2, 0.25) is 0 Å². The lowest BCUT2D eigenvalue weighted by Crippen LogP contribution is -2.30. The maximum absolute atomic E-state index is 12.7. The molecule has 0 spiro atoms. The molecular formula is C61H112O6. The van der Waals surface area contributed by atoms with E-state index in [-0.39, 0.29) is 31.1 Å². The highest BCUT2D eigenvalue weighted by Gasteiger charge is 2.19. The highest BCUT2D eigenvalue weighted by Crippen LogP contribution is 2.17. The molecule has 6 heteroatoms. The molecule has 0 aromatic rings. The van der Waals surface area contributed by atoms with Gasteiger partial charge in [0.1, 0.15) is 13.2 Å². The van der Waals surface area contributed by atoms with Crippen LogP contribution in [0.25, 0.3) is 0 Å². The van der Waals surface area contributed by atoms with Gasteiger partial charge in [0.25, 0.3) is 0 Å². The molecule has 6 nitrogen and oxygen atoms in total. The van der Waals surface area contributed by atoms with Crippen molar-refractivity contribution in [2.24, 2.45) is 0 Å². The Bertz CT molecular complexity index is 1130. The fourth-order valence-corrected chi connectivity index (χ4v) is 8.63. The molecular weight excluding hydrogens is 829 g/mol. The highest BCUT2D eigenvalue weighted by atomic mass is 16.6. The molecule has 0 aromatic heterocycles. The van der Waals surface area contributed by atoms with Crippen molar-refractivity contribution in [2.75, 3.05) is 13.2 Å². The number of carbonyl (C=O) groups excluding carboxylic acids is 3. The molecule has 0 amide bonds. The monoisotopic (exact) mass is 941 g/mol. The van der Waals surface area contributed by atoms with Crippen LogP contribution in [0.5, 0.6) is 0 Å². The van der Waals surface area contributed by atoms with Gasteiger partial charge in [0.05, 0.1) is 0 Å². The molecule has 0 aliphatic heterocycles. The van der Waals surface area contributed by atoms with Gasteiger partial charge < -0.3 is 14.2 Å². The standard InChI is InChI=1S/C61H112O6/c1-4-7-10-13-16-18-20-21-22-23-24-25-26-27-28-29-30-31-32-33-34-35-36-37-38-39-41-42-45-48-51-54-60(63)66-57-58(56-65-59(62)53-50-47-44-15-12-9-6-3)67-61(64)55-52-49-46-43-40-19-17-14-11-8-5-2/h14,17,20-21,23-24,58H,4-13,15-16,18-19,22,25-57H2,1-3H3/b17-14-,21-20-,24-23-. The maximum atomic E-state index is 12.7. The molecule has 0 aromatic carbocycles.